The molecular formula is C26H23FN2O3. The molecule has 1 heterocycles. The van der Waals surface area contributed by atoms with Crippen LogP contribution in [0.3, 0.4) is 0 Å². The smallest absolute Gasteiger partial charge is 0.282 e. The van der Waals surface area contributed by atoms with Crippen LogP contribution in [-0.4, -0.2) is 30.4 Å². The predicted molar refractivity (Wildman–Crippen MR) is 121 cm³/mol. The van der Waals surface area contributed by atoms with Crippen LogP contribution in [0.4, 0.5) is 10.1 Å². The van der Waals surface area contributed by atoms with Crippen LogP contribution < -0.4 is 9.64 Å². The molecule has 0 atom stereocenters. The van der Waals surface area contributed by atoms with Crippen molar-refractivity contribution >= 4 is 23.1 Å². The van der Waals surface area contributed by atoms with Gasteiger partial charge < -0.3 is 9.64 Å². The maximum absolute atomic E-state index is 13.6. The number of carbonyl (C=O) groups is 2. The van der Waals surface area contributed by atoms with Crippen molar-refractivity contribution in [2.75, 3.05) is 18.6 Å². The summed E-state index contributed by atoms with van der Waals surface area (Å²) in [6, 6.07) is 22.2. The van der Waals surface area contributed by atoms with E-state index in [0.717, 1.165) is 10.5 Å². The van der Waals surface area contributed by atoms with Crippen LogP contribution in [0.1, 0.15) is 18.1 Å². The fraction of sp³-hybridized carbons (Fsp3) is 0.154. The van der Waals surface area contributed by atoms with Crippen LogP contribution in [0, 0.1) is 5.82 Å². The number of hydrogen-bond donors (Lipinski definition) is 0. The number of halogens is 1. The van der Waals surface area contributed by atoms with Gasteiger partial charge in [-0.1, -0.05) is 54.6 Å². The average molecular weight is 430 g/mol. The molecule has 32 heavy (non-hydrogen) atoms. The first-order chi connectivity index (χ1) is 15.5. The molecule has 5 nitrogen and oxygen atoms in total. The van der Waals surface area contributed by atoms with Crippen LogP contribution >= 0.6 is 0 Å². The van der Waals surface area contributed by atoms with E-state index in [1.165, 1.54) is 24.3 Å². The fourth-order valence-electron chi connectivity index (χ4n) is 3.82. The summed E-state index contributed by atoms with van der Waals surface area (Å²) >= 11 is 0. The number of amides is 2. The first kappa shape index (κ1) is 21.3. The number of para-hydroxylation sites is 2. The Labute approximate surface area is 186 Å². The predicted octanol–water partition coefficient (Wildman–Crippen LogP) is 4.64. The van der Waals surface area contributed by atoms with Gasteiger partial charge in [0.15, 0.2) is 0 Å². The number of rotatable bonds is 7. The Morgan fingerprint density at radius 1 is 0.875 bits per heavy atom. The highest BCUT2D eigenvalue weighted by molar-refractivity contribution is 6.45. The normalized spacial score (nSPS) is 13.7. The third-order valence-electron chi connectivity index (χ3n) is 5.24. The summed E-state index contributed by atoms with van der Waals surface area (Å²) in [5, 5.41) is 0. The molecule has 0 saturated heterocycles. The molecule has 162 valence electrons. The van der Waals surface area contributed by atoms with E-state index in [9.17, 15) is 14.0 Å². The number of nitrogens with zero attached hydrogens (tertiary/aromatic N) is 2. The number of ether oxygens (including phenoxy) is 1. The number of hydrogen-bond acceptors (Lipinski definition) is 4. The van der Waals surface area contributed by atoms with Crippen molar-refractivity contribution in [3.05, 3.63) is 102 Å². The van der Waals surface area contributed by atoms with Gasteiger partial charge in [0.1, 0.15) is 17.3 Å². The van der Waals surface area contributed by atoms with Crippen LogP contribution in [0.2, 0.25) is 0 Å². The summed E-state index contributed by atoms with van der Waals surface area (Å²) in [6.07, 6.45) is 0. The maximum Gasteiger partial charge on any atom is 0.282 e. The molecule has 3 aromatic carbocycles. The summed E-state index contributed by atoms with van der Waals surface area (Å²) in [5.41, 5.74) is 2.36. The summed E-state index contributed by atoms with van der Waals surface area (Å²) in [4.78, 5) is 30.1. The molecule has 4 rings (SSSR count). The van der Waals surface area contributed by atoms with Crippen LogP contribution in [0.25, 0.3) is 5.57 Å². The van der Waals surface area contributed by atoms with Crippen molar-refractivity contribution in [2.24, 2.45) is 0 Å². The van der Waals surface area contributed by atoms with Gasteiger partial charge in [-0.2, -0.15) is 0 Å². The van der Waals surface area contributed by atoms with E-state index in [1.54, 1.807) is 36.2 Å². The molecule has 0 aliphatic carbocycles. The molecule has 0 spiro atoms. The summed E-state index contributed by atoms with van der Waals surface area (Å²) in [7, 11) is 1.77. The minimum atomic E-state index is -0.469. The van der Waals surface area contributed by atoms with Gasteiger partial charge in [0, 0.05) is 13.6 Å². The van der Waals surface area contributed by atoms with E-state index in [-0.39, 0.29) is 11.3 Å². The lowest BCUT2D eigenvalue weighted by molar-refractivity contribution is -0.120. The Balaban J connectivity index is 1.81. The summed E-state index contributed by atoms with van der Waals surface area (Å²) in [6.45, 7) is 2.67. The van der Waals surface area contributed by atoms with E-state index in [2.05, 4.69) is 0 Å². The topological polar surface area (TPSA) is 49.9 Å². The van der Waals surface area contributed by atoms with Gasteiger partial charge in [-0.15, -0.1) is 0 Å². The van der Waals surface area contributed by atoms with Crippen molar-refractivity contribution < 1.29 is 18.7 Å². The Kier molecular flexibility index (Phi) is 6.03. The van der Waals surface area contributed by atoms with Gasteiger partial charge in [0.25, 0.3) is 11.8 Å². The van der Waals surface area contributed by atoms with Crippen molar-refractivity contribution in [2.45, 2.75) is 13.5 Å². The molecule has 0 saturated carbocycles. The van der Waals surface area contributed by atoms with Crippen LogP contribution in [0.5, 0.6) is 5.75 Å². The second-order valence-electron chi connectivity index (χ2n) is 7.42. The maximum atomic E-state index is 13.6. The minimum absolute atomic E-state index is 0.236. The van der Waals surface area contributed by atoms with E-state index in [0.29, 0.717) is 30.2 Å². The van der Waals surface area contributed by atoms with Crippen LogP contribution in [-0.2, 0) is 16.1 Å². The van der Waals surface area contributed by atoms with E-state index in [1.807, 2.05) is 37.3 Å². The van der Waals surface area contributed by atoms with Crippen molar-refractivity contribution in [1.29, 1.82) is 0 Å². The van der Waals surface area contributed by atoms with Gasteiger partial charge in [-0.25, -0.2) is 9.29 Å². The molecule has 0 radical (unpaired) electrons. The number of benzene rings is 3. The van der Waals surface area contributed by atoms with Crippen LogP contribution in [0.15, 0.2) is 84.6 Å². The number of anilines is 1. The number of carbonyl (C=O) groups excluding carboxylic acids is 2. The summed E-state index contributed by atoms with van der Waals surface area (Å²) in [5.74, 6) is -0.880. The standard InChI is InChI=1S/C26H23FN2O3/c1-3-32-22-12-8-7-11-21(22)29-25(30)23(19-13-15-20(27)16-14-19)24(26(29)31)28(2)17-18-9-5-4-6-10-18/h4-16H,3,17H2,1-2H3. The quantitative estimate of drug-likeness (QED) is 0.513. The monoisotopic (exact) mass is 430 g/mol. The molecule has 3 aromatic rings. The van der Waals surface area contributed by atoms with Gasteiger partial charge in [0.05, 0.1) is 17.9 Å². The highest BCUT2D eigenvalue weighted by atomic mass is 19.1. The van der Waals surface area contributed by atoms with Crippen molar-refractivity contribution in [1.82, 2.24) is 4.90 Å². The molecule has 1 aliphatic heterocycles. The van der Waals surface area contributed by atoms with Crippen molar-refractivity contribution in [3.63, 3.8) is 0 Å². The summed E-state index contributed by atoms with van der Waals surface area (Å²) < 4.78 is 19.2. The second kappa shape index (κ2) is 9.06. The Hall–Kier alpha value is -3.93. The minimum Gasteiger partial charge on any atom is -0.492 e. The number of likely N-dealkylation sites (N-methyl/N-ethyl adjacent to an activating group) is 1. The van der Waals surface area contributed by atoms with Gasteiger partial charge >= 0.3 is 0 Å². The molecule has 0 unspecified atom stereocenters. The molecule has 0 bridgehead atoms. The molecule has 0 aromatic heterocycles. The molecule has 2 amide bonds. The first-order valence-corrected chi connectivity index (χ1v) is 10.4. The lowest BCUT2D eigenvalue weighted by atomic mass is 10.0. The average Bonchev–Trinajstić information content (AvgIpc) is 3.06. The number of imide groups is 1. The second-order valence-corrected chi connectivity index (χ2v) is 7.42. The highest BCUT2D eigenvalue weighted by Crippen LogP contribution is 2.38. The Morgan fingerprint density at radius 2 is 1.53 bits per heavy atom. The third kappa shape index (κ3) is 3.99. The fourth-order valence-corrected chi connectivity index (χ4v) is 3.82. The lowest BCUT2D eigenvalue weighted by Crippen LogP contribution is -2.34. The first-order valence-electron chi connectivity index (χ1n) is 10.4. The largest absolute Gasteiger partial charge is 0.492 e. The molecule has 1 aliphatic rings. The van der Waals surface area contributed by atoms with Gasteiger partial charge in [-0.05, 0) is 42.3 Å². The van der Waals surface area contributed by atoms with Gasteiger partial charge in [-0.3, -0.25) is 9.59 Å². The zero-order valence-electron chi connectivity index (χ0n) is 17.9. The van der Waals surface area contributed by atoms with E-state index < -0.39 is 17.6 Å². The lowest BCUT2D eigenvalue weighted by Gasteiger charge is -2.22. The zero-order chi connectivity index (χ0) is 22.7. The van der Waals surface area contributed by atoms with Gasteiger partial charge in [0.2, 0.25) is 0 Å². The molecule has 0 fully saturated rings. The van der Waals surface area contributed by atoms with E-state index >= 15 is 0 Å². The van der Waals surface area contributed by atoms with Crippen molar-refractivity contribution in [3.8, 4) is 5.75 Å². The molecule has 6 heteroatoms. The molecular weight excluding hydrogens is 407 g/mol. The zero-order valence-corrected chi connectivity index (χ0v) is 17.9. The third-order valence-corrected chi connectivity index (χ3v) is 5.24. The Morgan fingerprint density at radius 3 is 2.22 bits per heavy atom. The highest BCUT2D eigenvalue weighted by Gasteiger charge is 2.42. The Bertz CT molecular complexity index is 1170. The SMILES string of the molecule is CCOc1ccccc1N1C(=O)C(c2ccc(F)cc2)=C(N(C)Cc2ccccc2)C1=O. The molecule has 0 N–H and O–H groups in total. The van der Waals surface area contributed by atoms with E-state index in [4.69, 9.17) is 4.74 Å².